The molecule has 2 aromatic carbocycles. The standard InChI is InChI=1S/C19H17IO5/c1-12-10-16(23-3)8-9-17(12)25-19(22)14-4-6-15(7-5-14)24-18(21)13(2)11-20/h4-10H,2,11H2,1,3H3. The highest BCUT2D eigenvalue weighted by atomic mass is 127. The highest BCUT2D eigenvalue weighted by Gasteiger charge is 2.13. The molecule has 6 heteroatoms. The smallest absolute Gasteiger partial charge is 0.343 e. The summed E-state index contributed by atoms with van der Waals surface area (Å²) >= 11 is 2.03. The lowest BCUT2D eigenvalue weighted by atomic mass is 10.2. The van der Waals surface area contributed by atoms with E-state index in [0.29, 0.717) is 32.8 Å². The molecule has 0 heterocycles. The number of rotatable bonds is 6. The van der Waals surface area contributed by atoms with Crippen molar-refractivity contribution in [1.29, 1.82) is 0 Å². The molecule has 0 bridgehead atoms. The first-order chi connectivity index (χ1) is 11.9. The van der Waals surface area contributed by atoms with E-state index in [1.807, 2.05) is 29.5 Å². The molecule has 0 spiro atoms. The highest BCUT2D eigenvalue weighted by Crippen LogP contribution is 2.24. The fourth-order valence-corrected chi connectivity index (χ4v) is 2.23. The molecule has 0 saturated heterocycles. The lowest BCUT2D eigenvalue weighted by molar-refractivity contribution is -0.129. The van der Waals surface area contributed by atoms with Crippen molar-refractivity contribution in [2.45, 2.75) is 6.92 Å². The molecule has 2 aromatic rings. The van der Waals surface area contributed by atoms with Gasteiger partial charge in [-0.3, -0.25) is 0 Å². The van der Waals surface area contributed by atoms with Crippen LogP contribution in [-0.2, 0) is 4.79 Å². The van der Waals surface area contributed by atoms with Crippen molar-refractivity contribution in [3.8, 4) is 17.2 Å². The molecule has 0 N–H and O–H groups in total. The molecule has 0 aromatic heterocycles. The van der Waals surface area contributed by atoms with Crippen LogP contribution in [0, 0.1) is 6.92 Å². The van der Waals surface area contributed by atoms with E-state index < -0.39 is 11.9 Å². The van der Waals surface area contributed by atoms with Gasteiger partial charge in [0.2, 0.25) is 0 Å². The molecule has 0 unspecified atom stereocenters. The molecular weight excluding hydrogens is 435 g/mol. The number of benzene rings is 2. The second-order valence-electron chi connectivity index (χ2n) is 5.17. The summed E-state index contributed by atoms with van der Waals surface area (Å²) in [5.74, 6) is 0.505. The van der Waals surface area contributed by atoms with Crippen molar-refractivity contribution in [2.75, 3.05) is 11.5 Å². The number of alkyl halides is 1. The minimum atomic E-state index is -0.497. The van der Waals surface area contributed by atoms with E-state index in [-0.39, 0.29) is 0 Å². The van der Waals surface area contributed by atoms with Gasteiger partial charge in [-0.1, -0.05) is 29.2 Å². The van der Waals surface area contributed by atoms with Crippen LogP contribution in [0.2, 0.25) is 0 Å². The van der Waals surface area contributed by atoms with E-state index in [0.717, 1.165) is 5.56 Å². The Hall–Kier alpha value is -2.35. The summed E-state index contributed by atoms with van der Waals surface area (Å²) in [7, 11) is 1.57. The van der Waals surface area contributed by atoms with Crippen LogP contribution in [0.15, 0.2) is 54.6 Å². The largest absolute Gasteiger partial charge is 0.497 e. The van der Waals surface area contributed by atoms with Crippen LogP contribution >= 0.6 is 22.6 Å². The van der Waals surface area contributed by atoms with Gasteiger partial charge in [-0.25, -0.2) is 9.59 Å². The van der Waals surface area contributed by atoms with Crippen molar-refractivity contribution in [3.05, 3.63) is 65.7 Å². The number of aryl methyl sites for hydroxylation is 1. The maximum absolute atomic E-state index is 12.2. The predicted molar refractivity (Wildman–Crippen MR) is 103 cm³/mol. The van der Waals surface area contributed by atoms with Crippen LogP contribution in [0.3, 0.4) is 0 Å². The number of carbonyl (C=O) groups excluding carboxylic acids is 2. The second kappa shape index (κ2) is 8.66. The van der Waals surface area contributed by atoms with Gasteiger partial charge in [-0.2, -0.15) is 0 Å². The summed E-state index contributed by atoms with van der Waals surface area (Å²) in [6.07, 6.45) is 0. The normalized spacial score (nSPS) is 10.0. The number of esters is 2. The molecule has 0 aliphatic carbocycles. The van der Waals surface area contributed by atoms with Gasteiger partial charge in [0.25, 0.3) is 0 Å². The maximum Gasteiger partial charge on any atom is 0.343 e. The van der Waals surface area contributed by atoms with Crippen molar-refractivity contribution in [2.24, 2.45) is 0 Å². The van der Waals surface area contributed by atoms with E-state index in [1.165, 1.54) is 24.3 Å². The van der Waals surface area contributed by atoms with Crippen LogP contribution in [0.5, 0.6) is 17.2 Å². The molecule has 0 fully saturated rings. The molecule has 0 amide bonds. The monoisotopic (exact) mass is 452 g/mol. The van der Waals surface area contributed by atoms with Crippen molar-refractivity contribution < 1.29 is 23.8 Å². The Morgan fingerprint density at radius 3 is 2.24 bits per heavy atom. The van der Waals surface area contributed by atoms with Crippen LogP contribution in [0.4, 0.5) is 0 Å². The van der Waals surface area contributed by atoms with E-state index in [2.05, 4.69) is 6.58 Å². The van der Waals surface area contributed by atoms with Gasteiger partial charge < -0.3 is 14.2 Å². The number of ether oxygens (including phenoxy) is 3. The minimum Gasteiger partial charge on any atom is -0.497 e. The van der Waals surface area contributed by atoms with Crippen molar-refractivity contribution in [3.63, 3.8) is 0 Å². The topological polar surface area (TPSA) is 61.8 Å². The summed E-state index contributed by atoms with van der Waals surface area (Å²) in [4.78, 5) is 23.9. The second-order valence-corrected chi connectivity index (χ2v) is 5.93. The quantitative estimate of drug-likeness (QED) is 0.217. The van der Waals surface area contributed by atoms with Crippen molar-refractivity contribution >= 4 is 34.5 Å². The Morgan fingerprint density at radius 1 is 1.04 bits per heavy atom. The first-order valence-electron chi connectivity index (χ1n) is 7.37. The molecule has 2 rings (SSSR count). The lowest BCUT2D eigenvalue weighted by Gasteiger charge is -2.09. The highest BCUT2D eigenvalue weighted by molar-refractivity contribution is 14.1. The van der Waals surface area contributed by atoms with Gasteiger partial charge in [0.15, 0.2) is 0 Å². The van der Waals surface area contributed by atoms with Crippen LogP contribution in [-0.4, -0.2) is 23.5 Å². The average molecular weight is 452 g/mol. The molecule has 0 aliphatic rings. The lowest BCUT2D eigenvalue weighted by Crippen LogP contribution is -2.12. The number of halogens is 1. The Morgan fingerprint density at radius 2 is 1.68 bits per heavy atom. The van der Waals surface area contributed by atoms with Crippen LogP contribution < -0.4 is 14.2 Å². The Labute approximate surface area is 159 Å². The zero-order valence-electron chi connectivity index (χ0n) is 13.9. The van der Waals surface area contributed by atoms with Crippen LogP contribution in [0.25, 0.3) is 0 Å². The van der Waals surface area contributed by atoms with Gasteiger partial charge in [-0.05, 0) is 55.0 Å². The summed E-state index contributed by atoms with van der Waals surface area (Å²) in [5, 5.41) is 0. The van der Waals surface area contributed by atoms with Crippen LogP contribution in [0.1, 0.15) is 15.9 Å². The summed E-state index contributed by atoms with van der Waals surface area (Å²) in [6.45, 7) is 5.44. The van der Waals surface area contributed by atoms with Gasteiger partial charge in [0.1, 0.15) is 17.2 Å². The molecular formula is C19H17IO5. The fraction of sp³-hybridized carbons (Fsp3) is 0.158. The molecule has 0 aliphatic heterocycles. The Bertz CT molecular complexity index is 796. The third-order valence-electron chi connectivity index (χ3n) is 3.34. The summed E-state index contributed by atoms with van der Waals surface area (Å²) in [6, 6.07) is 11.3. The first kappa shape index (κ1) is 19.0. The number of methoxy groups -OCH3 is 1. The molecule has 0 atom stereocenters. The van der Waals surface area contributed by atoms with E-state index >= 15 is 0 Å². The molecule has 0 saturated carbocycles. The van der Waals surface area contributed by atoms with Gasteiger partial charge in [0, 0.05) is 10.0 Å². The van der Waals surface area contributed by atoms with Gasteiger partial charge in [0.05, 0.1) is 12.7 Å². The number of hydrogen-bond donors (Lipinski definition) is 0. The van der Waals surface area contributed by atoms with E-state index in [1.54, 1.807) is 25.3 Å². The van der Waals surface area contributed by atoms with Gasteiger partial charge in [-0.15, -0.1) is 0 Å². The van der Waals surface area contributed by atoms with Crippen molar-refractivity contribution in [1.82, 2.24) is 0 Å². The Balaban J connectivity index is 2.05. The zero-order chi connectivity index (χ0) is 18.4. The Kier molecular flexibility index (Phi) is 6.58. The molecule has 130 valence electrons. The molecule has 5 nitrogen and oxygen atoms in total. The third kappa shape index (κ3) is 5.06. The molecule has 25 heavy (non-hydrogen) atoms. The fourth-order valence-electron chi connectivity index (χ4n) is 1.91. The number of carbonyl (C=O) groups is 2. The summed E-state index contributed by atoms with van der Waals surface area (Å²) < 4.78 is 16.2. The molecule has 0 radical (unpaired) electrons. The maximum atomic E-state index is 12.2. The summed E-state index contributed by atoms with van der Waals surface area (Å²) in [5.41, 5.74) is 1.51. The zero-order valence-corrected chi connectivity index (χ0v) is 16.0. The number of hydrogen-bond acceptors (Lipinski definition) is 5. The average Bonchev–Trinajstić information content (AvgIpc) is 2.63. The minimum absolute atomic E-state index is 0.341. The van der Waals surface area contributed by atoms with E-state index in [9.17, 15) is 9.59 Å². The van der Waals surface area contributed by atoms with E-state index in [4.69, 9.17) is 14.2 Å². The SMILES string of the molecule is C=C(CI)C(=O)Oc1ccc(C(=O)Oc2ccc(OC)cc2C)cc1. The predicted octanol–water partition coefficient (Wildman–Crippen LogP) is 4.12. The van der Waals surface area contributed by atoms with Gasteiger partial charge >= 0.3 is 11.9 Å². The first-order valence-corrected chi connectivity index (χ1v) is 8.90. The third-order valence-corrected chi connectivity index (χ3v) is 4.26.